The van der Waals surface area contributed by atoms with Crippen molar-refractivity contribution in [1.82, 2.24) is 5.32 Å². The maximum absolute atomic E-state index is 13.2. The van der Waals surface area contributed by atoms with Crippen LogP contribution in [-0.4, -0.2) is 37.0 Å². The molecule has 2 aliphatic heterocycles. The first-order valence-electron chi connectivity index (χ1n) is 10.7. The number of hydrogen-bond donors (Lipinski definition) is 1. The van der Waals surface area contributed by atoms with E-state index in [1.807, 2.05) is 0 Å². The van der Waals surface area contributed by atoms with E-state index in [-0.39, 0.29) is 47.5 Å². The van der Waals surface area contributed by atoms with Gasteiger partial charge in [-0.2, -0.15) is 0 Å². The quantitative estimate of drug-likeness (QED) is 0.629. The van der Waals surface area contributed by atoms with Gasteiger partial charge in [0.25, 0.3) is 5.91 Å². The minimum atomic E-state index is -0.198. The summed E-state index contributed by atoms with van der Waals surface area (Å²) in [5, 5.41) is 2.90. The van der Waals surface area contributed by atoms with E-state index in [9.17, 15) is 14.4 Å². The maximum atomic E-state index is 13.2. The lowest BCUT2D eigenvalue weighted by Crippen LogP contribution is -2.40. The molecule has 1 aromatic rings. The molecule has 0 radical (unpaired) electrons. The Morgan fingerprint density at radius 2 is 1.69 bits per heavy atom. The Labute approximate surface area is 169 Å². The normalized spacial score (nSPS) is 38.9. The van der Waals surface area contributed by atoms with E-state index in [0.29, 0.717) is 29.6 Å². The number of carbonyl (C=O) groups excluding carboxylic acids is 3. The van der Waals surface area contributed by atoms with Gasteiger partial charge >= 0.3 is 0 Å². The Kier molecular flexibility index (Phi) is 3.76. The second-order valence-corrected chi connectivity index (χ2v) is 9.06. The van der Waals surface area contributed by atoms with Gasteiger partial charge in [0.1, 0.15) is 0 Å². The number of imide groups is 1. The highest BCUT2D eigenvalue weighted by Crippen LogP contribution is 2.65. The second-order valence-electron chi connectivity index (χ2n) is 9.06. The molecule has 6 nitrogen and oxygen atoms in total. The van der Waals surface area contributed by atoms with Gasteiger partial charge in [-0.05, 0) is 67.2 Å². The highest BCUT2D eigenvalue weighted by Gasteiger charge is 2.67. The number of carbonyl (C=O) groups is 3. The molecule has 3 amide bonds. The van der Waals surface area contributed by atoms with Crippen LogP contribution in [0.2, 0.25) is 0 Å². The topological polar surface area (TPSA) is 75.7 Å². The zero-order chi connectivity index (χ0) is 19.7. The maximum Gasteiger partial charge on any atom is 0.251 e. The summed E-state index contributed by atoms with van der Waals surface area (Å²) < 4.78 is 5.53. The van der Waals surface area contributed by atoms with Crippen molar-refractivity contribution in [2.24, 2.45) is 35.5 Å². The highest BCUT2D eigenvalue weighted by atomic mass is 16.5. The van der Waals surface area contributed by atoms with Gasteiger partial charge < -0.3 is 10.1 Å². The molecule has 0 unspecified atom stereocenters. The molecule has 150 valence electrons. The van der Waals surface area contributed by atoms with Crippen LogP contribution < -0.4 is 10.2 Å². The Hall–Kier alpha value is -2.47. The van der Waals surface area contributed by atoms with E-state index in [0.717, 1.165) is 25.9 Å². The molecule has 1 N–H and O–H groups in total. The van der Waals surface area contributed by atoms with E-state index in [2.05, 4.69) is 17.5 Å². The van der Waals surface area contributed by atoms with Gasteiger partial charge in [-0.15, -0.1) is 0 Å². The second kappa shape index (κ2) is 6.26. The molecule has 2 saturated carbocycles. The van der Waals surface area contributed by atoms with E-state index in [1.165, 1.54) is 4.90 Å². The number of anilines is 1. The number of allylic oxidation sites excluding steroid dienone is 2. The zero-order valence-electron chi connectivity index (χ0n) is 16.1. The van der Waals surface area contributed by atoms with Crippen LogP contribution in [-0.2, 0) is 14.3 Å². The first-order chi connectivity index (χ1) is 14.1. The van der Waals surface area contributed by atoms with Crippen LogP contribution >= 0.6 is 0 Å². The fraction of sp³-hybridized carbons (Fsp3) is 0.522. The number of ether oxygens (including phenoxy) is 1. The van der Waals surface area contributed by atoms with E-state index in [1.54, 1.807) is 24.3 Å². The van der Waals surface area contributed by atoms with Crippen molar-refractivity contribution in [3.8, 4) is 0 Å². The average Bonchev–Trinajstić information content (AvgIpc) is 3.33. The van der Waals surface area contributed by atoms with E-state index >= 15 is 0 Å². The van der Waals surface area contributed by atoms with Gasteiger partial charge in [0.05, 0.1) is 23.6 Å². The smallest absolute Gasteiger partial charge is 0.251 e. The fourth-order valence-corrected chi connectivity index (χ4v) is 6.09. The van der Waals surface area contributed by atoms with E-state index < -0.39 is 0 Å². The Balaban J connectivity index is 1.18. The number of amides is 3. The minimum Gasteiger partial charge on any atom is -0.376 e. The molecule has 0 aromatic heterocycles. The van der Waals surface area contributed by atoms with Crippen LogP contribution in [0.15, 0.2) is 36.4 Å². The summed E-state index contributed by atoms with van der Waals surface area (Å²) in [4.78, 5) is 40.0. The van der Waals surface area contributed by atoms with Crippen molar-refractivity contribution in [2.45, 2.75) is 25.4 Å². The molecular weight excluding hydrogens is 368 g/mol. The minimum absolute atomic E-state index is 0.0692. The van der Waals surface area contributed by atoms with Crippen molar-refractivity contribution in [1.29, 1.82) is 0 Å². The molecule has 6 heteroatoms. The zero-order valence-corrected chi connectivity index (χ0v) is 16.1. The number of hydrogen-bond acceptors (Lipinski definition) is 4. The number of nitrogens with zero attached hydrogens (tertiary/aromatic N) is 1. The van der Waals surface area contributed by atoms with Crippen LogP contribution in [0.5, 0.6) is 0 Å². The lowest BCUT2D eigenvalue weighted by atomic mass is 9.63. The van der Waals surface area contributed by atoms with Crippen molar-refractivity contribution >= 4 is 23.4 Å². The first kappa shape index (κ1) is 17.4. The van der Waals surface area contributed by atoms with Gasteiger partial charge in [0.2, 0.25) is 11.8 Å². The SMILES string of the molecule is O=C(NC[C@@H]1CCCO1)c1ccc(N2C(=O)[C@H]3[C@@H]4C=C[C@H]([C@H]5C[C@H]45)[C@@H]3C2=O)cc1. The summed E-state index contributed by atoms with van der Waals surface area (Å²) in [7, 11) is 0. The van der Waals surface area contributed by atoms with Crippen LogP contribution in [0.1, 0.15) is 29.6 Å². The summed E-state index contributed by atoms with van der Waals surface area (Å²) in [6, 6.07) is 6.80. The predicted molar refractivity (Wildman–Crippen MR) is 105 cm³/mol. The average molecular weight is 392 g/mol. The van der Waals surface area contributed by atoms with E-state index in [4.69, 9.17) is 4.74 Å². The molecule has 0 spiro atoms. The molecule has 4 aliphatic carbocycles. The first-order valence-corrected chi connectivity index (χ1v) is 10.7. The molecule has 29 heavy (non-hydrogen) atoms. The molecule has 2 bridgehead atoms. The predicted octanol–water partition coefficient (Wildman–Crippen LogP) is 2.15. The van der Waals surface area contributed by atoms with Gasteiger partial charge in [0.15, 0.2) is 0 Å². The van der Waals surface area contributed by atoms with Crippen molar-refractivity contribution < 1.29 is 19.1 Å². The molecular formula is C23H24N2O4. The Morgan fingerprint density at radius 1 is 1.03 bits per heavy atom. The monoisotopic (exact) mass is 392 g/mol. The number of rotatable bonds is 4. The number of benzene rings is 1. The molecule has 2 heterocycles. The molecule has 2 saturated heterocycles. The third kappa shape index (κ3) is 2.54. The molecule has 4 fully saturated rings. The van der Waals surface area contributed by atoms with Crippen LogP contribution in [0.3, 0.4) is 0 Å². The standard InChI is InChI=1S/C23H24N2O4/c26-21(24-11-14-2-1-9-29-14)12-3-5-13(6-4-12)25-22(27)19-15-7-8-16(18-10-17(15)18)20(19)23(25)28/h3-8,14-20H,1-2,9-11H2,(H,24,26)/t14-,15+,16+,17+,18+,19-,20-/m0/s1. The summed E-state index contributed by atoms with van der Waals surface area (Å²) in [5.41, 5.74) is 1.09. The van der Waals surface area contributed by atoms with Crippen molar-refractivity contribution in [3.63, 3.8) is 0 Å². The molecule has 6 aliphatic rings. The highest BCUT2D eigenvalue weighted by molar-refractivity contribution is 6.22. The van der Waals surface area contributed by atoms with Crippen molar-refractivity contribution in [3.05, 3.63) is 42.0 Å². The van der Waals surface area contributed by atoms with Crippen LogP contribution in [0.25, 0.3) is 0 Å². The summed E-state index contributed by atoms with van der Waals surface area (Å²) in [5.74, 6) is 0.934. The lowest BCUT2D eigenvalue weighted by molar-refractivity contribution is -0.124. The molecule has 7 atom stereocenters. The number of nitrogens with one attached hydrogen (secondary N) is 1. The summed E-state index contributed by atoms with van der Waals surface area (Å²) in [6.45, 7) is 1.26. The largest absolute Gasteiger partial charge is 0.376 e. The molecule has 1 aromatic carbocycles. The Bertz CT molecular complexity index is 881. The van der Waals surface area contributed by atoms with Crippen LogP contribution in [0.4, 0.5) is 5.69 Å². The third-order valence-corrected chi connectivity index (χ3v) is 7.56. The molecule has 7 rings (SSSR count). The van der Waals surface area contributed by atoms with Gasteiger partial charge in [-0.25, -0.2) is 0 Å². The van der Waals surface area contributed by atoms with Crippen LogP contribution in [0, 0.1) is 35.5 Å². The lowest BCUT2D eigenvalue weighted by Gasteiger charge is -2.37. The van der Waals surface area contributed by atoms with Gasteiger partial charge in [-0.1, -0.05) is 12.2 Å². The summed E-state index contributed by atoms with van der Waals surface area (Å²) >= 11 is 0. The van der Waals surface area contributed by atoms with Gasteiger partial charge in [0, 0.05) is 18.7 Å². The fourth-order valence-electron chi connectivity index (χ4n) is 6.09. The Morgan fingerprint density at radius 3 is 2.28 bits per heavy atom. The van der Waals surface area contributed by atoms with Gasteiger partial charge in [-0.3, -0.25) is 19.3 Å². The van der Waals surface area contributed by atoms with Crippen molar-refractivity contribution in [2.75, 3.05) is 18.1 Å². The summed E-state index contributed by atoms with van der Waals surface area (Å²) in [6.07, 6.45) is 7.61. The third-order valence-electron chi connectivity index (χ3n) is 7.56.